The molecule has 0 bridgehead atoms. The lowest BCUT2D eigenvalue weighted by atomic mass is 9.92. The lowest BCUT2D eigenvalue weighted by Crippen LogP contribution is -2.22. The first-order chi connectivity index (χ1) is 12.4. The smallest absolute Gasteiger partial charge is 0.351 e. The van der Waals surface area contributed by atoms with Gasteiger partial charge in [0.1, 0.15) is 11.6 Å². The molecule has 0 radical (unpaired) electrons. The zero-order chi connectivity index (χ0) is 20.1. The molecule has 0 aromatic carbocycles. The van der Waals surface area contributed by atoms with Crippen LogP contribution in [-0.4, -0.2) is 34.5 Å². The number of nitrogens with zero attached hydrogens (tertiary/aromatic N) is 6. The number of aromatic nitrogens is 7. The van der Waals surface area contributed by atoms with Crippen molar-refractivity contribution in [2.75, 3.05) is 11.5 Å². The van der Waals surface area contributed by atoms with E-state index in [-0.39, 0.29) is 47.5 Å². The quantitative estimate of drug-likeness (QED) is 0.549. The van der Waals surface area contributed by atoms with Crippen molar-refractivity contribution in [3.63, 3.8) is 0 Å². The molecule has 0 unspecified atom stereocenters. The van der Waals surface area contributed by atoms with E-state index < -0.39 is 5.69 Å². The average molecular weight is 444 g/mol. The van der Waals surface area contributed by atoms with E-state index in [1.807, 2.05) is 41.5 Å². The Morgan fingerprint density at radius 2 is 1.28 bits per heavy atom. The molecule has 0 aliphatic rings. The van der Waals surface area contributed by atoms with Crippen molar-refractivity contribution in [1.82, 2.24) is 34.5 Å². The summed E-state index contributed by atoms with van der Waals surface area (Å²) in [6.07, 6.45) is 0. The van der Waals surface area contributed by atoms with E-state index in [0.717, 1.165) is 11.4 Å². The Balaban J connectivity index is 0.00000210. The highest BCUT2D eigenvalue weighted by Gasteiger charge is 2.23. The van der Waals surface area contributed by atoms with Crippen molar-refractivity contribution >= 4 is 36.4 Å². The van der Waals surface area contributed by atoms with E-state index in [1.54, 1.807) is 12.1 Å². The number of nitrogens with one attached hydrogen (secondary N) is 1. The summed E-state index contributed by atoms with van der Waals surface area (Å²) in [5, 5.41) is 8.91. The molecule has 160 valence electrons. The first-order valence-corrected chi connectivity index (χ1v) is 8.57. The monoisotopic (exact) mass is 443 g/mol. The molecule has 0 saturated carbocycles. The van der Waals surface area contributed by atoms with Crippen molar-refractivity contribution in [1.29, 1.82) is 0 Å². The summed E-state index contributed by atoms with van der Waals surface area (Å²) in [7, 11) is 0. The van der Waals surface area contributed by atoms with Gasteiger partial charge in [-0.2, -0.15) is 29.5 Å². The molecule has 0 spiro atoms. The SMILES string of the molecule is CC(C)(C)c1cc(N)n(-c2nc(-n3nc(C(C)(C)C)cc3N)[nH]c(=O)n2)n1.Cl.Cl. The third-order valence-corrected chi connectivity index (χ3v) is 4.03. The Morgan fingerprint density at radius 3 is 1.72 bits per heavy atom. The molecule has 0 aliphatic carbocycles. The Bertz CT molecular complexity index is 975. The van der Waals surface area contributed by atoms with Gasteiger partial charge in [0, 0.05) is 23.0 Å². The fraction of sp³-hybridized carbons (Fsp3) is 0.471. The van der Waals surface area contributed by atoms with E-state index in [2.05, 4.69) is 25.1 Å². The summed E-state index contributed by atoms with van der Waals surface area (Å²) in [4.78, 5) is 22.9. The number of hydrogen-bond donors (Lipinski definition) is 3. The van der Waals surface area contributed by atoms with Crippen LogP contribution in [0.15, 0.2) is 16.9 Å². The number of nitrogen functional groups attached to an aromatic ring is 2. The van der Waals surface area contributed by atoms with Gasteiger partial charge in [-0.3, -0.25) is 4.98 Å². The zero-order valence-electron chi connectivity index (χ0n) is 17.2. The second-order valence-electron chi connectivity index (χ2n) is 8.51. The molecule has 10 nitrogen and oxygen atoms in total. The molecule has 12 heteroatoms. The average Bonchev–Trinajstić information content (AvgIpc) is 3.09. The number of H-pyrrole nitrogens is 1. The van der Waals surface area contributed by atoms with E-state index in [0.29, 0.717) is 11.6 Å². The molecule has 3 aromatic rings. The fourth-order valence-corrected chi connectivity index (χ4v) is 2.41. The normalized spacial score (nSPS) is 11.7. The highest BCUT2D eigenvalue weighted by atomic mass is 35.5. The second kappa shape index (κ2) is 8.03. The van der Waals surface area contributed by atoms with Crippen LogP contribution < -0.4 is 17.2 Å². The molecule has 0 aliphatic heterocycles. The van der Waals surface area contributed by atoms with Crippen molar-refractivity contribution < 1.29 is 0 Å². The van der Waals surface area contributed by atoms with Crippen LogP contribution in [0.25, 0.3) is 11.9 Å². The summed E-state index contributed by atoms with van der Waals surface area (Å²) in [5.41, 5.74) is 12.6. The highest BCUT2D eigenvalue weighted by Crippen LogP contribution is 2.25. The highest BCUT2D eigenvalue weighted by molar-refractivity contribution is 5.85. The van der Waals surface area contributed by atoms with Crippen LogP contribution in [0, 0.1) is 0 Å². The third-order valence-electron chi connectivity index (χ3n) is 4.03. The van der Waals surface area contributed by atoms with E-state index in [4.69, 9.17) is 11.5 Å². The van der Waals surface area contributed by atoms with Crippen molar-refractivity contribution in [2.45, 2.75) is 52.4 Å². The van der Waals surface area contributed by atoms with Gasteiger partial charge in [-0.25, -0.2) is 4.79 Å². The van der Waals surface area contributed by atoms with Gasteiger partial charge >= 0.3 is 5.69 Å². The van der Waals surface area contributed by atoms with Gasteiger partial charge in [0.2, 0.25) is 5.95 Å². The molecule has 0 saturated heterocycles. The van der Waals surface area contributed by atoms with Crippen LogP contribution in [0.4, 0.5) is 11.6 Å². The van der Waals surface area contributed by atoms with Crippen LogP contribution in [-0.2, 0) is 10.8 Å². The Labute approximate surface area is 180 Å². The van der Waals surface area contributed by atoms with Crippen LogP contribution in [0.5, 0.6) is 0 Å². The zero-order valence-corrected chi connectivity index (χ0v) is 18.9. The van der Waals surface area contributed by atoms with E-state index >= 15 is 0 Å². The molecular weight excluding hydrogens is 417 g/mol. The van der Waals surface area contributed by atoms with Gasteiger partial charge in [-0.15, -0.1) is 24.8 Å². The van der Waals surface area contributed by atoms with Gasteiger partial charge in [0.15, 0.2) is 0 Å². The first-order valence-electron chi connectivity index (χ1n) is 8.57. The minimum absolute atomic E-state index is 0. The van der Waals surface area contributed by atoms with E-state index in [9.17, 15) is 4.79 Å². The topological polar surface area (TPSA) is 146 Å². The van der Waals surface area contributed by atoms with Gasteiger partial charge in [-0.1, -0.05) is 41.5 Å². The van der Waals surface area contributed by atoms with Crippen molar-refractivity contribution in [3.8, 4) is 11.9 Å². The first kappa shape index (κ1) is 24.4. The predicted octanol–water partition coefficient (Wildman–Crippen LogP) is 2.14. The number of anilines is 2. The number of hydrogen-bond acceptors (Lipinski definition) is 7. The molecule has 0 amide bonds. The summed E-state index contributed by atoms with van der Waals surface area (Å²) in [6, 6.07) is 3.49. The molecule has 0 atom stereocenters. The van der Waals surface area contributed by atoms with Crippen molar-refractivity contribution in [2.24, 2.45) is 0 Å². The molecule has 3 rings (SSSR count). The number of rotatable bonds is 2. The maximum Gasteiger partial charge on any atom is 0.351 e. The lowest BCUT2D eigenvalue weighted by Gasteiger charge is -2.14. The molecule has 0 fully saturated rings. The van der Waals surface area contributed by atoms with Gasteiger partial charge in [-0.05, 0) is 0 Å². The third kappa shape index (κ3) is 4.88. The molecular formula is C17H27Cl2N9O. The molecule has 29 heavy (non-hydrogen) atoms. The Kier molecular flexibility index (Phi) is 6.77. The molecule has 5 N–H and O–H groups in total. The summed E-state index contributed by atoms with van der Waals surface area (Å²) in [5.74, 6) is 0.878. The second-order valence-corrected chi connectivity index (χ2v) is 8.51. The van der Waals surface area contributed by atoms with Gasteiger partial charge in [0.05, 0.1) is 11.4 Å². The maximum atomic E-state index is 12.1. The van der Waals surface area contributed by atoms with Crippen LogP contribution in [0.2, 0.25) is 0 Å². The Morgan fingerprint density at radius 1 is 0.828 bits per heavy atom. The molecule has 3 aromatic heterocycles. The number of aromatic amines is 1. The minimum atomic E-state index is -0.602. The summed E-state index contributed by atoms with van der Waals surface area (Å²) < 4.78 is 2.71. The van der Waals surface area contributed by atoms with Crippen LogP contribution in [0.3, 0.4) is 0 Å². The number of halogens is 2. The Hall–Kier alpha value is -2.59. The standard InChI is InChI=1S/C17H25N9O.2ClH/c1-16(2,3)9-7-11(18)25(23-9)13-20-14(22-15(27)21-13)26-12(19)8-10(24-26)17(4,5)6;;/h7-8H,18-19H2,1-6H3,(H,20,21,22,27);2*1H. The van der Waals surface area contributed by atoms with Crippen LogP contribution in [0.1, 0.15) is 52.9 Å². The van der Waals surface area contributed by atoms with Crippen molar-refractivity contribution in [3.05, 3.63) is 34.0 Å². The minimum Gasteiger partial charge on any atom is -0.383 e. The van der Waals surface area contributed by atoms with Crippen LogP contribution >= 0.6 is 24.8 Å². The summed E-state index contributed by atoms with van der Waals surface area (Å²) >= 11 is 0. The predicted molar refractivity (Wildman–Crippen MR) is 118 cm³/mol. The van der Waals surface area contributed by atoms with E-state index in [1.165, 1.54) is 9.36 Å². The van der Waals surface area contributed by atoms with Gasteiger partial charge in [0.25, 0.3) is 5.95 Å². The lowest BCUT2D eigenvalue weighted by molar-refractivity contribution is 0.555. The fourth-order valence-electron chi connectivity index (χ4n) is 2.41. The summed E-state index contributed by atoms with van der Waals surface area (Å²) in [6.45, 7) is 12.1. The maximum absolute atomic E-state index is 12.1. The molecule has 3 heterocycles. The van der Waals surface area contributed by atoms with Gasteiger partial charge < -0.3 is 11.5 Å². The number of nitrogens with two attached hydrogens (primary N) is 2. The largest absolute Gasteiger partial charge is 0.383 e.